The minimum absolute atomic E-state index is 0.439. The van der Waals surface area contributed by atoms with Crippen molar-refractivity contribution in [3.63, 3.8) is 0 Å². The monoisotopic (exact) mass is 261 g/mol. The van der Waals surface area contributed by atoms with E-state index in [4.69, 9.17) is 4.98 Å². The molecule has 1 spiro atoms. The van der Waals surface area contributed by atoms with E-state index in [-0.39, 0.29) is 0 Å². The number of fused-ring (bicyclic) bond motifs is 2. The average molecular weight is 261 g/mol. The van der Waals surface area contributed by atoms with Gasteiger partial charge in [-0.2, -0.15) is 0 Å². The molecule has 96 valence electrons. The second-order valence-corrected chi connectivity index (χ2v) is 6.71. The van der Waals surface area contributed by atoms with Crippen LogP contribution in [-0.4, -0.2) is 28.8 Å². The molecule has 1 aromatic heterocycles. The van der Waals surface area contributed by atoms with Gasteiger partial charge in [-0.05, 0) is 31.9 Å². The number of thioether (sulfide) groups is 1. The maximum Gasteiger partial charge on any atom is 0.189 e. The second kappa shape index (κ2) is 3.86. The summed E-state index contributed by atoms with van der Waals surface area (Å²) in [6.45, 7) is 1.21. The van der Waals surface area contributed by atoms with Crippen molar-refractivity contribution in [2.24, 2.45) is 0 Å². The van der Waals surface area contributed by atoms with Crippen LogP contribution in [0.4, 0.5) is 5.82 Å². The van der Waals surface area contributed by atoms with E-state index in [2.05, 4.69) is 22.3 Å². The van der Waals surface area contributed by atoms with Crippen LogP contribution in [0.25, 0.3) is 0 Å². The molecule has 0 aromatic carbocycles. The zero-order chi connectivity index (χ0) is 12.2. The van der Waals surface area contributed by atoms with E-state index in [1.165, 1.54) is 56.5 Å². The molecule has 0 saturated heterocycles. The van der Waals surface area contributed by atoms with Crippen molar-refractivity contribution in [1.82, 2.24) is 9.97 Å². The summed E-state index contributed by atoms with van der Waals surface area (Å²) in [5.41, 5.74) is 1.88. The molecule has 4 heteroatoms. The van der Waals surface area contributed by atoms with E-state index in [9.17, 15) is 0 Å². The summed E-state index contributed by atoms with van der Waals surface area (Å²) in [5, 5.41) is 0.925. The molecule has 2 aliphatic carbocycles. The third-order valence-electron chi connectivity index (χ3n) is 4.86. The van der Waals surface area contributed by atoms with Crippen LogP contribution in [0, 0.1) is 0 Å². The lowest BCUT2D eigenvalue weighted by atomic mass is 10.0. The third-order valence-corrected chi connectivity index (χ3v) is 5.43. The molecule has 2 saturated carbocycles. The van der Waals surface area contributed by atoms with E-state index in [0.29, 0.717) is 5.41 Å². The van der Waals surface area contributed by atoms with Crippen molar-refractivity contribution in [3.05, 3.63) is 11.8 Å². The number of anilines is 1. The molecule has 2 fully saturated rings. The highest BCUT2D eigenvalue weighted by molar-refractivity contribution is 7.98. The first-order chi connectivity index (χ1) is 8.82. The van der Waals surface area contributed by atoms with Gasteiger partial charge in [-0.1, -0.05) is 24.6 Å². The van der Waals surface area contributed by atoms with Crippen LogP contribution in [0.5, 0.6) is 0 Å². The third kappa shape index (κ3) is 1.51. The molecule has 1 aliphatic heterocycles. The van der Waals surface area contributed by atoms with Crippen LogP contribution in [0.15, 0.2) is 11.4 Å². The largest absolute Gasteiger partial charge is 0.352 e. The Hall–Kier alpha value is -0.770. The molecule has 1 aromatic rings. The highest BCUT2D eigenvalue weighted by Crippen LogP contribution is 2.56. The summed E-state index contributed by atoms with van der Waals surface area (Å²) in [6.07, 6.45) is 12.3. The Labute approximate surface area is 112 Å². The fraction of sp³-hybridized carbons (Fsp3) is 0.714. The van der Waals surface area contributed by atoms with E-state index in [0.717, 1.165) is 11.2 Å². The van der Waals surface area contributed by atoms with Gasteiger partial charge in [0.05, 0.1) is 0 Å². The number of hydrogen-bond acceptors (Lipinski definition) is 4. The number of nitrogens with zero attached hydrogens (tertiary/aromatic N) is 3. The van der Waals surface area contributed by atoms with Crippen molar-refractivity contribution >= 4 is 17.6 Å². The molecule has 3 aliphatic rings. The van der Waals surface area contributed by atoms with E-state index in [1.54, 1.807) is 11.8 Å². The summed E-state index contributed by atoms with van der Waals surface area (Å²) in [6, 6.07) is 0.744. The molecule has 2 heterocycles. The van der Waals surface area contributed by atoms with Crippen molar-refractivity contribution in [2.45, 2.75) is 55.1 Å². The van der Waals surface area contributed by atoms with Crippen molar-refractivity contribution < 1.29 is 0 Å². The molecule has 0 unspecified atom stereocenters. The molecule has 0 radical (unpaired) electrons. The molecule has 0 bridgehead atoms. The first kappa shape index (κ1) is 11.1. The van der Waals surface area contributed by atoms with E-state index < -0.39 is 0 Å². The minimum Gasteiger partial charge on any atom is -0.352 e. The van der Waals surface area contributed by atoms with Gasteiger partial charge in [0, 0.05) is 29.8 Å². The van der Waals surface area contributed by atoms with Gasteiger partial charge in [0.2, 0.25) is 0 Å². The van der Waals surface area contributed by atoms with Crippen LogP contribution >= 0.6 is 11.8 Å². The molecule has 0 amide bonds. The fourth-order valence-electron chi connectivity index (χ4n) is 3.63. The van der Waals surface area contributed by atoms with E-state index >= 15 is 0 Å². The zero-order valence-electron chi connectivity index (χ0n) is 10.9. The maximum absolute atomic E-state index is 4.81. The van der Waals surface area contributed by atoms with E-state index in [1.807, 2.05) is 0 Å². The van der Waals surface area contributed by atoms with Gasteiger partial charge in [0.1, 0.15) is 5.82 Å². The number of hydrogen-bond donors (Lipinski definition) is 0. The Balaban J connectivity index is 1.75. The Bertz CT molecular complexity index is 478. The molecule has 0 N–H and O–H groups in total. The number of aromatic nitrogens is 2. The average Bonchev–Trinajstić information content (AvgIpc) is 2.87. The highest BCUT2D eigenvalue weighted by Gasteiger charge is 2.54. The lowest BCUT2D eigenvalue weighted by molar-refractivity contribution is 0.583. The summed E-state index contributed by atoms with van der Waals surface area (Å²) in [5.74, 6) is 1.26. The predicted octanol–water partition coefficient (Wildman–Crippen LogP) is 2.99. The standard InChI is InChI=1S/C14H19N3S/c1-18-13-15-8-11-12(16-13)17(9-14(11)6-7-14)10-4-2-3-5-10/h8,10H,2-7,9H2,1H3. The van der Waals surface area contributed by atoms with Crippen LogP contribution in [-0.2, 0) is 5.41 Å². The lowest BCUT2D eigenvalue weighted by Crippen LogP contribution is -2.34. The van der Waals surface area contributed by atoms with Crippen molar-refractivity contribution in [1.29, 1.82) is 0 Å². The SMILES string of the molecule is CSc1ncc2c(n1)N(C1CCCC1)CC21CC1. The molecular weight excluding hydrogens is 242 g/mol. The van der Waals surface area contributed by atoms with Crippen molar-refractivity contribution in [3.8, 4) is 0 Å². The van der Waals surface area contributed by atoms with Gasteiger partial charge in [0.15, 0.2) is 5.16 Å². The van der Waals surface area contributed by atoms with Crippen LogP contribution in [0.2, 0.25) is 0 Å². The summed E-state index contributed by atoms with van der Waals surface area (Å²) in [7, 11) is 0. The summed E-state index contributed by atoms with van der Waals surface area (Å²) in [4.78, 5) is 11.9. The molecule has 3 nitrogen and oxygen atoms in total. The summed E-state index contributed by atoms with van der Waals surface area (Å²) < 4.78 is 0. The minimum atomic E-state index is 0.439. The molecule has 0 atom stereocenters. The zero-order valence-corrected chi connectivity index (χ0v) is 11.7. The molecule has 18 heavy (non-hydrogen) atoms. The molecule has 4 rings (SSSR count). The Morgan fingerprint density at radius 3 is 2.78 bits per heavy atom. The normalized spacial score (nSPS) is 24.8. The van der Waals surface area contributed by atoms with Gasteiger partial charge in [0.25, 0.3) is 0 Å². The smallest absolute Gasteiger partial charge is 0.189 e. The van der Waals surface area contributed by atoms with Crippen LogP contribution < -0.4 is 4.90 Å². The maximum atomic E-state index is 4.81. The Kier molecular flexibility index (Phi) is 2.38. The number of rotatable bonds is 2. The Morgan fingerprint density at radius 2 is 2.11 bits per heavy atom. The lowest BCUT2D eigenvalue weighted by Gasteiger charge is -2.26. The van der Waals surface area contributed by atoms with Crippen molar-refractivity contribution in [2.75, 3.05) is 17.7 Å². The predicted molar refractivity (Wildman–Crippen MR) is 74.3 cm³/mol. The van der Waals surface area contributed by atoms with Gasteiger partial charge in [-0.3, -0.25) is 0 Å². The summed E-state index contributed by atoms with van der Waals surface area (Å²) >= 11 is 1.65. The van der Waals surface area contributed by atoms with Gasteiger partial charge >= 0.3 is 0 Å². The second-order valence-electron chi connectivity index (χ2n) is 5.94. The first-order valence-corrected chi connectivity index (χ1v) is 8.23. The quantitative estimate of drug-likeness (QED) is 0.604. The van der Waals surface area contributed by atoms with Crippen LogP contribution in [0.3, 0.4) is 0 Å². The van der Waals surface area contributed by atoms with Gasteiger partial charge in [-0.15, -0.1) is 0 Å². The topological polar surface area (TPSA) is 29.0 Å². The fourth-order valence-corrected chi connectivity index (χ4v) is 3.97. The van der Waals surface area contributed by atoms with Gasteiger partial charge < -0.3 is 4.90 Å². The van der Waals surface area contributed by atoms with Crippen LogP contribution in [0.1, 0.15) is 44.1 Å². The van der Waals surface area contributed by atoms with Gasteiger partial charge in [-0.25, -0.2) is 9.97 Å². The molecular formula is C14H19N3S. The highest BCUT2D eigenvalue weighted by atomic mass is 32.2. The Morgan fingerprint density at radius 1 is 1.33 bits per heavy atom. The first-order valence-electron chi connectivity index (χ1n) is 7.01.